The van der Waals surface area contributed by atoms with Crippen LogP contribution in [0.15, 0.2) is 235 Å². The molecule has 0 aliphatic heterocycles. The van der Waals surface area contributed by atoms with Gasteiger partial charge < -0.3 is 13.9 Å². The molecular weight excluding hydrogens is 797 g/mol. The average molecular weight is 835 g/mol. The number of nitrogens with zero attached hydrogens (tertiary/aromatic N) is 2. The molecule has 0 unspecified atom stereocenters. The van der Waals surface area contributed by atoms with Crippen molar-refractivity contribution >= 4 is 92.3 Å². The van der Waals surface area contributed by atoms with Crippen LogP contribution in [0, 0.1) is 0 Å². The van der Waals surface area contributed by atoms with E-state index in [0.717, 1.165) is 66.9 Å². The van der Waals surface area contributed by atoms with Gasteiger partial charge in [0.25, 0.3) is 0 Å². The van der Waals surface area contributed by atoms with Crippen molar-refractivity contribution in [3.63, 3.8) is 0 Å². The predicted molar refractivity (Wildman–Crippen MR) is 272 cm³/mol. The SMILES string of the molecule is c1ccc(-c2cccc3c2oc2ccc(-c4ccc(N(c5ccc(-c6ccc7c(c6)c6ccccc6n7-c6ccccc6)cc5)c5ccc6c(c5)sc5ccccc56)cc4)cc23)cc1. The number of rotatable bonds is 7. The predicted octanol–water partition coefficient (Wildman–Crippen LogP) is 17.5. The summed E-state index contributed by atoms with van der Waals surface area (Å²) < 4.78 is 11.5. The van der Waals surface area contributed by atoms with Crippen molar-refractivity contribution in [3.8, 4) is 39.1 Å². The van der Waals surface area contributed by atoms with Crippen molar-refractivity contribution in [3.05, 3.63) is 231 Å². The van der Waals surface area contributed by atoms with Crippen LogP contribution in [0.2, 0.25) is 0 Å². The molecule has 3 aromatic heterocycles. The molecule has 0 spiro atoms. The van der Waals surface area contributed by atoms with E-state index in [2.05, 4.69) is 234 Å². The number of aromatic nitrogens is 1. The number of anilines is 3. The number of thiophene rings is 1. The fourth-order valence-corrected chi connectivity index (χ4v) is 10.9. The van der Waals surface area contributed by atoms with Crippen LogP contribution >= 0.6 is 11.3 Å². The van der Waals surface area contributed by atoms with Crippen molar-refractivity contribution < 1.29 is 4.42 Å². The average Bonchev–Trinajstić information content (AvgIpc) is 4.04. The molecule has 300 valence electrons. The highest BCUT2D eigenvalue weighted by atomic mass is 32.1. The third-order valence-electron chi connectivity index (χ3n) is 12.8. The Balaban J connectivity index is 0.888. The number of para-hydroxylation sites is 3. The van der Waals surface area contributed by atoms with E-state index in [4.69, 9.17) is 4.42 Å². The molecule has 0 radical (unpaired) electrons. The summed E-state index contributed by atoms with van der Waals surface area (Å²) >= 11 is 1.85. The maximum Gasteiger partial charge on any atom is 0.143 e. The van der Waals surface area contributed by atoms with E-state index in [-0.39, 0.29) is 0 Å². The van der Waals surface area contributed by atoms with E-state index in [1.807, 2.05) is 17.4 Å². The van der Waals surface area contributed by atoms with Gasteiger partial charge in [-0.15, -0.1) is 11.3 Å². The minimum Gasteiger partial charge on any atom is -0.455 e. The second-order valence-corrected chi connectivity index (χ2v) is 17.6. The number of hydrogen-bond acceptors (Lipinski definition) is 3. The van der Waals surface area contributed by atoms with Crippen LogP contribution < -0.4 is 4.90 Å². The zero-order valence-electron chi connectivity index (χ0n) is 34.7. The Morgan fingerprint density at radius 1 is 0.344 bits per heavy atom. The zero-order valence-corrected chi connectivity index (χ0v) is 35.5. The van der Waals surface area contributed by atoms with E-state index >= 15 is 0 Å². The molecule has 0 aliphatic carbocycles. The summed E-state index contributed by atoms with van der Waals surface area (Å²) in [6, 6.07) is 83.4. The Labute approximate surface area is 373 Å². The lowest BCUT2D eigenvalue weighted by molar-refractivity contribution is 0.670. The molecule has 0 fully saturated rings. The van der Waals surface area contributed by atoms with Crippen molar-refractivity contribution in [1.29, 1.82) is 0 Å². The first kappa shape index (κ1) is 36.5. The molecule has 3 nitrogen and oxygen atoms in total. The zero-order chi connectivity index (χ0) is 42.1. The lowest BCUT2D eigenvalue weighted by atomic mass is 10.00. The molecule has 0 amide bonds. The molecule has 10 aromatic carbocycles. The Hall–Kier alpha value is -8.18. The number of benzene rings is 10. The molecular formula is C60H38N2OS. The first-order chi connectivity index (χ1) is 31.7. The molecule has 3 heterocycles. The van der Waals surface area contributed by atoms with Gasteiger partial charge >= 0.3 is 0 Å². The first-order valence-electron chi connectivity index (χ1n) is 21.7. The molecule has 13 rings (SSSR count). The molecule has 0 saturated heterocycles. The molecule has 0 N–H and O–H groups in total. The van der Waals surface area contributed by atoms with Gasteiger partial charge in [-0.05, 0) is 113 Å². The van der Waals surface area contributed by atoms with E-state index < -0.39 is 0 Å². The summed E-state index contributed by atoms with van der Waals surface area (Å²) in [6.07, 6.45) is 0. The van der Waals surface area contributed by atoms with Gasteiger partial charge in [0, 0.05) is 70.0 Å². The van der Waals surface area contributed by atoms with Crippen LogP contribution in [0.3, 0.4) is 0 Å². The summed E-state index contributed by atoms with van der Waals surface area (Å²) in [5.74, 6) is 0. The van der Waals surface area contributed by atoms with E-state index in [1.165, 1.54) is 53.1 Å². The Kier molecular flexibility index (Phi) is 8.40. The van der Waals surface area contributed by atoms with Gasteiger partial charge in [0.05, 0.1) is 11.0 Å². The minimum absolute atomic E-state index is 0.892. The third-order valence-corrected chi connectivity index (χ3v) is 13.9. The van der Waals surface area contributed by atoms with E-state index in [9.17, 15) is 0 Å². The summed E-state index contributed by atoms with van der Waals surface area (Å²) in [6.45, 7) is 0. The van der Waals surface area contributed by atoms with Gasteiger partial charge in [-0.25, -0.2) is 0 Å². The Morgan fingerprint density at radius 2 is 0.922 bits per heavy atom. The highest BCUT2D eigenvalue weighted by Crippen LogP contribution is 2.43. The minimum atomic E-state index is 0.892. The Bertz CT molecular complexity index is 3880. The van der Waals surface area contributed by atoms with Crippen LogP contribution in [0.25, 0.3) is 103 Å². The standard InChI is InChI=1S/C60H38N2OS/c1-3-12-41(13-4-1)48-18-11-19-52-54-37-43(27-35-57(54)63-60(48)52)40-24-30-46(31-25-40)61(47-32-33-51-50-17-8-10-21-58(50)64-59(51)38-47)45-28-22-39(23-29-45)42-26-34-56-53(36-42)49-16-7-9-20-55(49)62(56)44-14-5-2-6-15-44/h1-38H. The summed E-state index contributed by atoms with van der Waals surface area (Å²) in [4.78, 5) is 2.38. The third kappa shape index (κ3) is 5.95. The maximum absolute atomic E-state index is 6.51. The van der Waals surface area contributed by atoms with Crippen LogP contribution in [0.1, 0.15) is 0 Å². The molecule has 13 aromatic rings. The molecule has 0 bridgehead atoms. The number of fused-ring (bicyclic) bond motifs is 9. The molecule has 64 heavy (non-hydrogen) atoms. The molecule has 0 saturated carbocycles. The van der Waals surface area contributed by atoms with Gasteiger partial charge in [-0.2, -0.15) is 0 Å². The van der Waals surface area contributed by atoms with Gasteiger partial charge in [0.1, 0.15) is 11.2 Å². The van der Waals surface area contributed by atoms with E-state index in [0.29, 0.717) is 0 Å². The van der Waals surface area contributed by atoms with Gasteiger partial charge in [-0.1, -0.05) is 146 Å². The summed E-state index contributed by atoms with van der Waals surface area (Å²) in [7, 11) is 0. The highest BCUT2D eigenvalue weighted by Gasteiger charge is 2.18. The van der Waals surface area contributed by atoms with Gasteiger partial charge in [0.2, 0.25) is 0 Å². The largest absolute Gasteiger partial charge is 0.455 e. The van der Waals surface area contributed by atoms with Gasteiger partial charge in [0.15, 0.2) is 0 Å². The Morgan fingerprint density at radius 3 is 1.69 bits per heavy atom. The quantitative estimate of drug-likeness (QED) is 0.159. The second-order valence-electron chi connectivity index (χ2n) is 16.5. The maximum atomic E-state index is 6.51. The molecule has 0 aliphatic rings. The fourth-order valence-electron chi connectivity index (χ4n) is 9.74. The summed E-state index contributed by atoms with van der Waals surface area (Å²) in [5.41, 5.74) is 15.6. The normalized spacial score (nSPS) is 11.8. The van der Waals surface area contributed by atoms with Gasteiger partial charge in [-0.3, -0.25) is 0 Å². The lowest BCUT2D eigenvalue weighted by Crippen LogP contribution is -2.09. The van der Waals surface area contributed by atoms with Crippen molar-refractivity contribution in [2.24, 2.45) is 0 Å². The first-order valence-corrected chi connectivity index (χ1v) is 22.6. The van der Waals surface area contributed by atoms with E-state index in [1.54, 1.807) is 0 Å². The fraction of sp³-hybridized carbons (Fsp3) is 0. The van der Waals surface area contributed by atoms with Crippen molar-refractivity contribution in [2.75, 3.05) is 4.90 Å². The van der Waals surface area contributed by atoms with Crippen LogP contribution in [-0.2, 0) is 0 Å². The molecule has 0 atom stereocenters. The summed E-state index contributed by atoms with van der Waals surface area (Å²) in [5, 5.41) is 7.33. The van der Waals surface area contributed by atoms with Crippen LogP contribution in [-0.4, -0.2) is 4.57 Å². The van der Waals surface area contributed by atoms with Crippen LogP contribution in [0.5, 0.6) is 0 Å². The monoisotopic (exact) mass is 834 g/mol. The van der Waals surface area contributed by atoms with Crippen molar-refractivity contribution in [2.45, 2.75) is 0 Å². The highest BCUT2D eigenvalue weighted by molar-refractivity contribution is 7.25. The second kappa shape index (κ2) is 14.7. The number of hydrogen-bond donors (Lipinski definition) is 0. The van der Waals surface area contributed by atoms with Crippen LogP contribution in [0.4, 0.5) is 17.1 Å². The topological polar surface area (TPSA) is 21.3 Å². The molecule has 4 heteroatoms. The van der Waals surface area contributed by atoms with Crippen molar-refractivity contribution in [1.82, 2.24) is 4.57 Å². The lowest BCUT2D eigenvalue weighted by Gasteiger charge is -2.26. The smallest absolute Gasteiger partial charge is 0.143 e. The number of furan rings is 1.